The van der Waals surface area contributed by atoms with Crippen LogP contribution in [0.4, 0.5) is 10.5 Å². The van der Waals surface area contributed by atoms with Gasteiger partial charge in [-0.1, -0.05) is 32.0 Å². The molecule has 1 fully saturated rings. The van der Waals surface area contributed by atoms with Gasteiger partial charge in [-0.15, -0.1) is 0 Å². The summed E-state index contributed by atoms with van der Waals surface area (Å²) in [5.41, 5.74) is 1.94. The number of fused-ring (bicyclic) bond motifs is 1. The molecule has 2 aromatic rings. The summed E-state index contributed by atoms with van der Waals surface area (Å²) in [7, 11) is 0. The fourth-order valence-corrected chi connectivity index (χ4v) is 3.07. The van der Waals surface area contributed by atoms with E-state index >= 15 is 0 Å². The van der Waals surface area contributed by atoms with E-state index in [1.54, 1.807) is 30.3 Å². The van der Waals surface area contributed by atoms with E-state index in [4.69, 9.17) is 9.47 Å². The molecule has 4 rings (SSSR count). The minimum absolute atomic E-state index is 0.128. The first-order valence-electron chi connectivity index (χ1n) is 8.85. The van der Waals surface area contributed by atoms with Gasteiger partial charge in [0, 0.05) is 0 Å². The minimum Gasteiger partial charge on any atom is -0.454 e. The zero-order valence-electron chi connectivity index (χ0n) is 15.4. The molecule has 2 aromatic carbocycles. The summed E-state index contributed by atoms with van der Waals surface area (Å²) in [5.74, 6) is 0.0493. The highest BCUT2D eigenvalue weighted by molar-refractivity contribution is 6.39. The van der Waals surface area contributed by atoms with Crippen LogP contribution in [0.3, 0.4) is 0 Å². The molecule has 0 spiro atoms. The standard InChI is InChI=1S/C21H18N2O5/c1-12(2)14-4-6-15(7-5-14)23-20(25)16(19(24)22-21(23)26)9-13-3-8-17-18(10-13)28-11-27-17/h3-10,12H,11H2,1-2H3,(H,22,24,26)/b16-9+. The Kier molecular flexibility index (Phi) is 4.35. The van der Waals surface area contributed by atoms with Crippen molar-refractivity contribution in [2.45, 2.75) is 19.8 Å². The molecule has 28 heavy (non-hydrogen) atoms. The Labute approximate surface area is 161 Å². The Morgan fingerprint density at radius 3 is 2.43 bits per heavy atom. The molecule has 7 heteroatoms. The van der Waals surface area contributed by atoms with E-state index < -0.39 is 17.8 Å². The molecule has 1 saturated heterocycles. The molecule has 0 radical (unpaired) electrons. The van der Waals surface area contributed by atoms with Gasteiger partial charge in [0.1, 0.15) is 5.57 Å². The van der Waals surface area contributed by atoms with E-state index in [1.807, 2.05) is 12.1 Å². The van der Waals surface area contributed by atoms with Crippen molar-refractivity contribution in [3.63, 3.8) is 0 Å². The van der Waals surface area contributed by atoms with Crippen molar-refractivity contribution in [3.8, 4) is 11.5 Å². The summed E-state index contributed by atoms with van der Waals surface area (Å²) in [4.78, 5) is 38.5. The number of amides is 4. The lowest BCUT2D eigenvalue weighted by Crippen LogP contribution is -2.54. The normalized spacial score (nSPS) is 17.5. The number of rotatable bonds is 3. The van der Waals surface area contributed by atoms with Crippen molar-refractivity contribution >= 4 is 29.6 Å². The Morgan fingerprint density at radius 1 is 1.00 bits per heavy atom. The molecule has 0 unspecified atom stereocenters. The molecule has 2 aliphatic rings. The molecule has 1 N–H and O–H groups in total. The molecule has 2 aliphatic heterocycles. The number of nitrogens with one attached hydrogen (secondary N) is 1. The molecule has 0 aromatic heterocycles. The molecular formula is C21H18N2O5. The first-order chi connectivity index (χ1) is 13.4. The van der Waals surface area contributed by atoms with Crippen molar-refractivity contribution in [3.05, 3.63) is 59.2 Å². The minimum atomic E-state index is -0.768. The van der Waals surface area contributed by atoms with Gasteiger partial charge < -0.3 is 9.47 Å². The van der Waals surface area contributed by atoms with Gasteiger partial charge in [0.25, 0.3) is 11.8 Å². The number of urea groups is 1. The van der Waals surface area contributed by atoms with Gasteiger partial charge in [-0.3, -0.25) is 14.9 Å². The third-order valence-corrected chi connectivity index (χ3v) is 4.63. The predicted molar refractivity (Wildman–Crippen MR) is 102 cm³/mol. The van der Waals surface area contributed by atoms with Crippen LogP contribution in [0.15, 0.2) is 48.0 Å². The summed E-state index contributed by atoms with van der Waals surface area (Å²) >= 11 is 0. The number of anilines is 1. The number of imide groups is 2. The van der Waals surface area contributed by atoms with Crippen LogP contribution in [0.1, 0.15) is 30.9 Å². The second-order valence-electron chi connectivity index (χ2n) is 6.82. The topological polar surface area (TPSA) is 84.9 Å². The fourth-order valence-electron chi connectivity index (χ4n) is 3.07. The highest BCUT2D eigenvalue weighted by Gasteiger charge is 2.36. The molecular weight excluding hydrogens is 360 g/mol. The second kappa shape index (κ2) is 6.84. The van der Waals surface area contributed by atoms with E-state index in [1.165, 1.54) is 6.08 Å². The number of barbiturate groups is 1. The number of hydrogen-bond donors (Lipinski definition) is 1. The van der Waals surface area contributed by atoms with Gasteiger partial charge in [0.15, 0.2) is 11.5 Å². The summed E-state index contributed by atoms with van der Waals surface area (Å²) in [6.07, 6.45) is 1.43. The lowest BCUT2D eigenvalue weighted by molar-refractivity contribution is -0.122. The quantitative estimate of drug-likeness (QED) is 0.655. The van der Waals surface area contributed by atoms with Crippen LogP contribution in [-0.4, -0.2) is 24.6 Å². The highest BCUT2D eigenvalue weighted by atomic mass is 16.7. The van der Waals surface area contributed by atoms with Crippen LogP contribution >= 0.6 is 0 Å². The number of carbonyl (C=O) groups is 3. The molecule has 0 bridgehead atoms. The van der Waals surface area contributed by atoms with Crippen LogP contribution in [0.2, 0.25) is 0 Å². The molecule has 7 nitrogen and oxygen atoms in total. The fraction of sp³-hybridized carbons (Fsp3) is 0.190. The van der Waals surface area contributed by atoms with Crippen molar-refractivity contribution in [2.24, 2.45) is 0 Å². The molecule has 0 saturated carbocycles. The number of ether oxygens (including phenoxy) is 2. The van der Waals surface area contributed by atoms with E-state index in [-0.39, 0.29) is 12.4 Å². The number of carbonyl (C=O) groups excluding carboxylic acids is 3. The maximum atomic E-state index is 12.9. The molecule has 4 amide bonds. The maximum Gasteiger partial charge on any atom is 0.335 e. The van der Waals surface area contributed by atoms with Crippen molar-refractivity contribution in [1.82, 2.24) is 5.32 Å². The van der Waals surface area contributed by atoms with Crippen LogP contribution < -0.4 is 19.7 Å². The second-order valence-corrected chi connectivity index (χ2v) is 6.82. The number of benzene rings is 2. The summed E-state index contributed by atoms with van der Waals surface area (Å²) in [6, 6.07) is 11.4. The monoisotopic (exact) mass is 378 g/mol. The average Bonchev–Trinajstić information content (AvgIpc) is 3.13. The highest BCUT2D eigenvalue weighted by Crippen LogP contribution is 2.33. The van der Waals surface area contributed by atoms with E-state index in [0.29, 0.717) is 28.7 Å². The van der Waals surface area contributed by atoms with E-state index in [9.17, 15) is 14.4 Å². The van der Waals surface area contributed by atoms with Gasteiger partial charge in [-0.25, -0.2) is 9.69 Å². The van der Waals surface area contributed by atoms with Gasteiger partial charge >= 0.3 is 6.03 Å². The number of hydrogen-bond acceptors (Lipinski definition) is 5. The van der Waals surface area contributed by atoms with E-state index in [2.05, 4.69) is 19.2 Å². The zero-order valence-corrected chi connectivity index (χ0v) is 15.4. The van der Waals surface area contributed by atoms with Gasteiger partial charge in [-0.05, 0) is 47.4 Å². The number of nitrogens with zero attached hydrogens (tertiary/aromatic N) is 1. The summed E-state index contributed by atoms with van der Waals surface area (Å²) in [6.45, 7) is 4.24. The maximum absolute atomic E-state index is 12.9. The first-order valence-corrected chi connectivity index (χ1v) is 8.85. The lowest BCUT2D eigenvalue weighted by atomic mass is 10.0. The van der Waals surface area contributed by atoms with Crippen LogP contribution in [0.5, 0.6) is 11.5 Å². The average molecular weight is 378 g/mol. The third kappa shape index (κ3) is 3.11. The Morgan fingerprint density at radius 2 is 1.71 bits per heavy atom. The van der Waals surface area contributed by atoms with Crippen LogP contribution in [0.25, 0.3) is 6.08 Å². The lowest BCUT2D eigenvalue weighted by Gasteiger charge is -2.26. The summed E-state index contributed by atoms with van der Waals surface area (Å²) < 4.78 is 10.6. The van der Waals surface area contributed by atoms with Crippen LogP contribution in [0, 0.1) is 0 Å². The van der Waals surface area contributed by atoms with Crippen molar-refractivity contribution in [2.75, 3.05) is 11.7 Å². The first kappa shape index (κ1) is 17.8. The Balaban J connectivity index is 1.67. The molecule has 2 heterocycles. The SMILES string of the molecule is CC(C)c1ccc(N2C(=O)NC(=O)/C(=C\c3ccc4c(c3)OCO4)C2=O)cc1. The summed E-state index contributed by atoms with van der Waals surface area (Å²) in [5, 5.41) is 2.22. The smallest absolute Gasteiger partial charge is 0.335 e. The van der Waals surface area contributed by atoms with Crippen molar-refractivity contribution < 1.29 is 23.9 Å². The largest absolute Gasteiger partial charge is 0.454 e. The molecule has 142 valence electrons. The third-order valence-electron chi connectivity index (χ3n) is 4.63. The molecule has 0 aliphatic carbocycles. The van der Waals surface area contributed by atoms with Gasteiger partial charge in [-0.2, -0.15) is 0 Å². The van der Waals surface area contributed by atoms with E-state index in [0.717, 1.165) is 10.5 Å². The van der Waals surface area contributed by atoms with Crippen molar-refractivity contribution in [1.29, 1.82) is 0 Å². The van der Waals surface area contributed by atoms with Gasteiger partial charge in [0.05, 0.1) is 5.69 Å². The van der Waals surface area contributed by atoms with Crippen LogP contribution in [-0.2, 0) is 9.59 Å². The zero-order chi connectivity index (χ0) is 19.8. The predicted octanol–water partition coefficient (Wildman–Crippen LogP) is 3.21. The van der Waals surface area contributed by atoms with Gasteiger partial charge in [0.2, 0.25) is 6.79 Å². The Hall–Kier alpha value is -3.61. The molecule has 0 atom stereocenters. The Bertz CT molecular complexity index is 1010.